The van der Waals surface area contributed by atoms with Gasteiger partial charge in [-0.05, 0) is 24.3 Å². The zero-order valence-electron chi connectivity index (χ0n) is 18.8. The van der Waals surface area contributed by atoms with E-state index in [1.165, 1.54) is 41.5 Å². The van der Waals surface area contributed by atoms with Gasteiger partial charge >= 0.3 is 0 Å². The quantitative estimate of drug-likeness (QED) is 0.404. The highest BCUT2D eigenvalue weighted by Crippen LogP contribution is 2.31. The van der Waals surface area contributed by atoms with E-state index < -0.39 is 22.1 Å². The molecule has 11 nitrogen and oxygen atoms in total. The minimum Gasteiger partial charge on any atom is -0.497 e. The molecular weight excluding hydrogens is 506 g/mol. The van der Waals surface area contributed by atoms with Gasteiger partial charge < -0.3 is 14.1 Å². The van der Waals surface area contributed by atoms with Crippen LogP contribution in [0.4, 0.5) is 8.78 Å². The standard InChI is InChI=1S/C20H22F2N6O5S2/c1-26-11-15(17(25-26)18(21)22)19-23-24-20(33-19)34-12-16(29)27-7-9-28(10-8-27)35(30,31)14-5-3-13(32-2)4-6-14/h3-6,11,18H,7-10,12H2,1-2H3. The number of rotatable bonds is 8. The molecular formula is C20H22F2N6O5S2. The largest absolute Gasteiger partial charge is 0.497 e. The van der Waals surface area contributed by atoms with Crippen molar-refractivity contribution >= 4 is 27.7 Å². The number of halogens is 2. The van der Waals surface area contributed by atoms with Gasteiger partial charge in [0.2, 0.25) is 15.9 Å². The summed E-state index contributed by atoms with van der Waals surface area (Å²) in [5.74, 6) is 0.188. The number of carbonyl (C=O) groups is 1. The Kier molecular flexibility index (Phi) is 7.37. The highest BCUT2D eigenvalue weighted by atomic mass is 32.2. The molecule has 0 N–H and O–H groups in total. The van der Waals surface area contributed by atoms with E-state index >= 15 is 0 Å². The maximum absolute atomic E-state index is 13.2. The second kappa shape index (κ2) is 10.3. The fraction of sp³-hybridized carbons (Fsp3) is 0.400. The third kappa shape index (κ3) is 5.46. The molecule has 1 amide bonds. The van der Waals surface area contributed by atoms with Crippen LogP contribution in [0.2, 0.25) is 0 Å². The van der Waals surface area contributed by atoms with E-state index in [1.807, 2.05) is 0 Å². The van der Waals surface area contributed by atoms with E-state index in [1.54, 1.807) is 17.0 Å². The van der Waals surface area contributed by atoms with Crippen LogP contribution in [0, 0.1) is 0 Å². The fourth-order valence-corrected chi connectivity index (χ4v) is 5.59. The van der Waals surface area contributed by atoms with Crippen molar-refractivity contribution in [3.8, 4) is 17.2 Å². The van der Waals surface area contributed by atoms with Crippen LogP contribution in [-0.4, -0.2) is 82.5 Å². The van der Waals surface area contributed by atoms with E-state index in [0.29, 0.717) is 5.75 Å². The van der Waals surface area contributed by atoms with Crippen molar-refractivity contribution in [2.24, 2.45) is 7.05 Å². The van der Waals surface area contributed by atoms with E-state index in [9.17, 15) is 22.0 Å². The van der Waals surface area contributed by atoms with E-state index in [2.05, 4.69) is 15.3 Å². The van der Waals surface area contributed by atoms with Crippen LogP contribution in [-0.2, 0) is 21.9 Å². The lowest BCUT2D eigenvalue weighted by Crippen LogP contribution is -2.50. The summed E-state index contributed by atoms with van der Waals surface area (Å²) in [5.41, 5.74) is -0.436. The molecule has 0 aliphatic carbocycles. The smallest absolute Gasteiger partial charge is 0.282 e. The van der Waals surface area contributed by atoms with Crippen molar-refractivity contribution in [1.82, 2.24) is 29.2 Å². The van der Waals surface area contributed by atoms with Gasteiger partial charge in [0.1, 0.15) is 11.4 Å². The molecule has 1 aliphatic rings. The number of aromatic nitrogens is 4. The Morgan fingerprint density at radius 3 is 2.49 bits per heavy atom. The number of aryl methyl sites for hydroxylation is 1. The summed E-state index contributed by atoms with van der Waals surface area (Å²) >= 11 is 0.976. The number of alkyl halides is 2. The number of benzene rings is 1. The lowest BCUT2D eigenvalue weighted by atomic mass is 10.2. The fourth-order valence-electron chi connectivity index (χ4n) is 3.50. The normalized spacial score (nSPS) is 15.1. The summed E-state index contributed by atoms with van der Waals surface area (Å²) in [5, 5.41) is 11.3. The Bertz CT molecular complexity index is 1290. The van der Waals surface area contributed by atoms with E-state index in [-0.39, 0.29) is 59.4 Å². The first-order valence-electron chi connectivity index (χ1n) is 10.4. The molecule has 1 fully saturated rings. The third-order valence-electron chi connectivity index (χ3n) is 5.31. The number of hydrogen-bond acceptors (Lipinski definition) is 9. The molecule has 15 heteroatoms. The second-order valence-corrected chi connectivity index (χ2v) is 10.4. The van der Waals surface area contributed by atoms with Gasteiger partial charge in [0.05, 0.1) is 23.3 Å². The average Bonchev–Trinajstić information content (AvgIpc) is 3.49. The van der Waals surface area contributed by atoms with Crippen LogP contribution in [0.1, 0.15) is 12.1 Å². The minimum atomic E-state index is -3.68. The molecule has 1 aliphatic heterocycles. The molecule has 35 heavy (non-hydrogen) atoms. The van der Waals surface area contributed by atoms with E-state index in [4.69, 9.17) is 9.15 Å². The lowest BCUT2D eigenvalue weighted by molar-refractivity contribution is -0.129. The van der Waals surface area contributed by atoms with Crippen molar-refractivity contribution in [3.63, 3.8) is 0 Å². The predicted molar refractivity (Wildman–Crippen MR) is 121 cm³/mol. The minimum absolute atomic E-state index is 0.0262. The van der Waals surface area contributed by atoms with Crippen molar-refractivity contribution < 1.29 is 31.1 Å². The Hall–Kier alpha value is -3.04. The van der Waals surface area contributed by atoms with Crippen molar-refractivity contribution in [2.45, 2.75) is 16.5 Å². The molecule has 4 rings (SSSR count). The van der Waals surface area contributed by atoms with Gasteiger partial charge in [0.25, 0.3) is 17.5 Å². The monoisotopic (exact) mass is 528 g/mol. The number of nitrogens with zero attached hydrogens (tertiary/aromatic N) is 6. The number of thioether (sulfide) groups is 1. The van der Waals surface area contributed by atoms with Gasteiger partial charge in [-0.3, -0.25) is 9.48 Å². The topological polar surface area (TPSA) is 124 Å². The van der Waals surface area contributed by atoms with Crippen LogP contribution in [0.25, 0.3) is 11.5 Å². The molecule has 188 valence electrons. The van der Waals surface area contributed by atoms with Crippen LogP contribution < -0.4 is 4.74 Å². The maximum atomic E-state index is 13.2. The summed E-state index contributed by atoms with van der Waals surface area (Å²) in [6, 6.07) is 6.12. The first kappa shape index (κ1) is 25.1. The molecule has 0 unspecified atom stereocenters. The predicted octanol–water partition coefficient (Wildman–Crippen LogP) is 2.04. The van der Waals surface area contributed by atoms with Crippen LogP contribution in [0.15, 0.2) is 45.0 Å². The molecule has 0 saturated carbocycles. The summed E-state index contributed by atoms with van der Waals surface area (Å²) in [6.45, 7) is 0.786. The van der Waals surface area contributed by atoms with Gasteiger partial charge in [-0.15, -0.1) is 10.2 Å². The Balaban J connectivity index is 1.31. The Morgan fingerprint density at radius 1 is 1.17 bits per heavy atom. The first-order valence-corrected chi connectivity index (χ1v) is 12.8. The van der Waals surface area contributed by atoms with Crippen molar-refractivity contribution in [1.29, 1.82) is 0 Å². The number of amides is 1. The summed E-state index contributed by atoms with van der Waals surface area (Å²) in [4.78, 5) is 14.3. The average molecular weight is 529 g/mol. The molecule has 0 bridgehead atoms. The number of piperazine rings is 1. The number of carbonyl (C=O) groups excluding carboxylic acids is 1. The third-order valence-corrected chi connectivity index (χ3v) is 8.02. The molecule has 3 aromatic rings. The SMILES string of the molecule is COc1ccc(S(=O)(=O)N2CCN(C(=O)CSc3nnc(-c4cn(C)nc4C(F)F)o3)CC2)cc1. The first-order chi connectivity index (χ1) is 16.7. The molecule has 3 heterocycles. The molecule has 0 atom stereocenters. The number of methoxy groups -OCH3 is 1. The van der Waals surface area contributed by atoms with Crippen LogP contribution in [0.5, 0.6) is 5.75 Å². The van der Waals surface area contributed by atoms with Crippen LogP contribution >= 0.6 is 11.8 Å². The highest BCUT2D eigenvalue weighted by Gasteiger charge is 2.30. The zero-order valence-corrected chi connectivity index (χ0v) is 20.4. The summed E-state index contributed by atoms with van der Waals surface area (Å²) in [6.07, 6.45) is -1.45. The highest BCUT2D eigenvalue weighted by molar-refractivity contribution is 7.99. The van der Waals surface area contributed by atoms with Gasteiger partial charge in [0, 0.05) is 39.4 Å². The molecule has 2 aromatic heterocycles. The van der Waals surface area contributed by atoms with Gasteiger partial charge in [-0.2, -0.15) is 9.40 Å². The molecule has 0 spiro atoms. The number of ether oxygens (including phenoxy) is 1. The summed E-state index contributed by atoms with van der Waals surface area (Å²) < 4.78 is 65.1. The van der Waals surface area contributed by atoms with Gasteiger partial charge in [-0.1, -0.05) is 11.8 Å². The Labute approximate surface area is 204 Å². The summed E-state index contributed by atoms with van der Waals surface area (Å²) in [7, 11) is -0.681. The lowest BCUT2D eigenvalue weighted by Gasteiger charge is -2.34. The van der Waals surface area contributed by atoms with Crippen molar-refractivity contribution in [2.75, 3.05) is 39.0 Å². The second-order valence-electron chi connectivity index (χ2n) is 7.52. The van der Waals surface area contributed by atoms with Gasteiger partial charge in [-0.25, -0.2) is 17.2 Å². The van der Waals surface area contributed by atoms with Crippen LogP contribution in [0.3, 0.4) is 0 Å². The number of hydrogen-bond donors (Lipinski definition) is 0. The zero-order chi connectivity index (χ0) is 25.2. The molecule has 1 aromatic carbocycles. The van der Waals surface area contributed by atoms with Gasteiger partial charge in [0.15, 0.2) is 0 Å². The molecule has 1 saturated heterocycles. The van der Waals surface area contributed by atoms with E-state index in [0.717, 1.165) is 11.8 Å². The maximum Gasteiger partial charge on any atom is 0.282 e. The van der Waals surface area contributed by atoms with Crippen molar-refractivity contribution in [3.05, 3.63) is 36.2 Å². The molecule has 0 radical (unpaired) electrons. The Morgan fingerprint density at radius 2 is 1.86 bits per heavy atom. The number of sulfonamides is 1.